The fourth-order valence-electron chi connectivity index (χ4n) is 0.254. The van der Waals surface area contributed by atoms with E-state index in [0.29, 0.717) is 0 Å². The Morgan fingerprint density at radius 1 is 1.46 bits per heavy atom. The first kappa shape index (κ1) is 15.4. The van der Waals surface area contributed by atoms with Crippen LogP contribution >= 0.6 is 22.6 Å². The smallest absolute Gasteiger partial charge is 0.0871 e. The van der Waals surface area contributed by atoms with Gasteiger partial charge in [0.15, 0.2) is 0 Å². The summed E-state index contributed by atoms with van der Waals surface area (Å²) in [5.74, 6) is -1.19. The Morgan fingerprint density at radius 2 is 1.77 bits per heavy atom. The van der Waals surface area contributed by atoms with Gasteiger partial charge >= 0.3 is 0 Å². The standard InChI is InChI=1S/C5H13IN.C4H6O2/c1-7(2,3)5-4-6;1-3(2)4(5)6/h4-5H2,1-3H3;1H2,2H3,(H,5,6)/q+1;/p-1. The van der Waals surface area contributed by atoms with Gasteiger partial charge in [0.05, 0.1) is 33.7 Å². The normalized spacial score (nSPS) is 9.92. The van der Waals surface area contributed by atoms with Crippen molar-refractivity contribution in [2.24, 2.45) is 0 Å². The lowest BCUT2D eigenvalue weighted by Gasteiger charge is -2.21. The Hall–Kier alpha value is -0.100. The zero-order valence-corrected chi connectivity index (χ0v) is 10.9. The highest BCUT2D eigenvalue weighted by atomic mass is 127. The number of carbonyl (C=O) groups is 1. The maximum atomic E-state index is 9.49. The van der Waals surface area contributed by atoms with Crippen LogP contribution in [0.5, 0.6) is 0 Å². The highest BCUT2D eigenvalue weighted by Gasteiger charge is 2.02. The average Bonchev–Trinajstić information content (AvgIpc) is 1.85. The molecule has 0 aromatic heterocycles. The van der Waals surface area contributed by atoms with E-state index < -0.39 is 5.97 Å². The predicted octanol–water partition coefficient (Wildman–Crippen LogP) is 0.440. The fraction of sp³-hybridized carbons (Fsp3) is 0.667. The SMILES string of the molecule is C=C(C)C(=O)[O-].C[N+](C)(C)CCI. The van der Waals surface area contributed by atoms with Gasteiger partial charge in [-0.2, -0.15) is 0 Å². The van der Waals surface area contributed by atoms with Gasteiger partial charge in [-0.3, -0.25) is 0 Å². The second-order valence-corrected chi connectivity index (χ2v) is 4.85. The van der Waals surface area contributed by atoms with Crippen LogP contribution in [0, 0.1) is 0 Å². The molecular weight excluding hydrogens is 281 g/mol. The zero-order chi connectivity index (χ0) is 11.1. The Bertz CT molecular complexity index is 161. The molecule has 78 valence electrons. The lowest BCUT2D eigenvalue weighted by Crippen LogP contribution is -2.35. The van der Waals surface area contributed by atoms with Crippen molar-refractivity contribution < 1.29 is 14.4 Å². The van der Waals surface area contributed by atoms with Gasteiger partial charge in [-0.05, 0) is 12.5 Å². The minimum Gasteiger partial charge on any atom is -0.545 e. The van der Waals surface area contributed by atoms with E-state index in [4.69, 9.17) is 0 Å². The molecule has 0 unspecified atom stereocenters. The molecule has 0 aromatic carbocycles. The molecule has 0 aromatic rings. The van der Waals surface area contributed by atoms with Gasteiger partial charge in [-0.15, -0.1) is 0 Å². The number of carbonyl (C=O) groups excluding carboxylic acids is 1. The van der Waals surface area contributed by atoms with E-state index in [9.17, 15) is 9.90 Å². The van der Waals surface area contributed by atoms with Crippen LogP contribution < -0.4 is 5.11 Å². The van der Waals surface area contributed by atoms with E-state index in [1.54, 1.807) is 0 Å². The first-order valence-electron chi connectivity index (χ1n) is 3.94. The second-order valence-electron chi connectivity index (χ2n) is 3.77. The number of nitrogens with zero attached hydrogens (tertiary/aromatic N) is 1. The van der Waals surface area contributed by atoms with Crippen LogP contribution in [0.15, 0.2) is 12.2 Å². The predicted molar refractivity (Wildman–Crippen MR) is 61.6 cm³/mol. The van der Waals surface area contributed by atoms with Gasteiger partial charge in [-0.1, -0.05) is 29.2 Å². The van der Waals surface area contributed by atoms with Crippen LogP contribution in [-0.2, 0) is 4.79 Å². The summed E-state index contributed by atoms with van der Waals surface area (Å²) >= 11 is 2.40. The third-order valence-corrected chi connectivity index (χ3v) is 1.59. The van der Waals surface area contributed by atoms with Crippen LogP contribution in [0.1, 0.15) is 6.92 Å². The van der Waals surface area contributed by atoms with E-state index in [1.807, 2.05) is 0 Å². The molecule has 0 amide bonds. The number of carboxylic acid groups (broad SMARTS) is 1. The van der Waals surface area contributed by atoms with Crippen LogP contribution in [-0.4, -0.2) is 42.6 Å². The van der Waals surface area contributed by atoms with Gasteiger partial charge in [0.1, 0.15) is 0 Å². The number of hydrogen-bond acceptors (Lipinski definition) is 2. The Kier molecular flexibility index (Phi) is 8.65. The highest BCUT2D eigenvalue weighted by Crippen LogP contribution is 1.91. The molecule has 0 aliphatic carbocycles. The molecule has 4 heteroatoms. The maximum absolute atomic E-state index is 9.49. The summed E-state index contributed by atoms with van der Waals surface area (Å²) in [6, 6.07) is 0. The number of halogens is 1. The largest absolute Gasteiger partial charge is 0.545 e. The van der Waals surface area contributed by atoms with Gasteiger partial charge in [0.25, 0.3) is 0 Å². The zero-order valence-electron chi connectivity index (χ0n) is 8.76. The molecule has 0 fully saturated rings. The maximum Gasteiger partial charge on any atom is 0.0871 e. The number of alkyl halides is 1. The molecule has 13 heavy (non-hydrogen) atoms. The molecule has 0 aliphatic rings. The molecule has 0 saturated carbocycles. The lowest BCUT2D eigenvalue weighted by molar-refractivity contribution is -0.867. The molecule has 0 bridgehead atoms. The summed E-state index contributed by atoms with van der Waals surface area (Å²) in [4.78, 5) is 9.49. The molecule has 3 nitrogen and oxygen atoms in total. The van der Waals surface area contributed by atoms with E-state index >= 15 is 0 Å². The van der Waals surface area contributed by atoms with Crippen LogP contribution in [0.4, 0.5) is 0 Å². The van der Waals surface area contributed by atoms with Crippen LogP contribution in [0.25, 0.3) is 0 Å². The molecule has 0 atom stereocenters. The van der Waals surface area contributed by atoms with Crippen molar-refractivity contribution in [3.8, 4) is 0 Å². The van der Waals surface area contributed by atoms with Crippen molar-refractivity contribution in [2.75, 3.05) is 32.1 Å². The molecule has 0 radical (unpaired) electrons. The topological polar surface area (TPSA) is 40.1 Å². The van der Waals surface area contributed by atoms with E-state index in [1.165, 1.54) is 17.9 Å². The molecule has 0 rings (SSSR count). The van der Waals surface area contributed by atoms with Crippen molar-refractivity contribution in [1.29, 1.82) is 0 Å². The molecule has 0 aliphatic heterocycles. The van der Waals surface area contributed by atoms with Crippen molar-refractivity contribution in [2.45, 2.75) is 6.92 Å². The van der Waals surface area contributed by atoms with Crippen molar-refractivity contribution in [3.05, 3.63) is 12.2 Å². The summed E-state index contributed by atoms with van der Waals surface area (Å²) in [5, 5.41) is 9.49. The van der Waals surface area contributed by atoms with Crippen molar-refractivity contribution in [1.82, 2.24) is 0 Å². The first-order chi connectivity index (χ1) is 5.70. The number of rotatable bonds is 3. The number of hydrogen-bond donors (Lipinski definition) is 0. The summed E-state index contributed by atoms with van der Waals surface area (Å²) in [5.41, 5.74) is 0.0648. The highest BCUT2D eigenvalue weighted by molar-refractivity contribution is 14.1. The number of quaternary nitrogens is 1. The Balaban J connectivity index is 0. The third kappa shape index (κ3) is 18.7. The van der Waals surface area contributed by atoms with Crippen LogP contribution in [0.3, 0.4) is 0 Å². The fourth-order valence-corrected chi connectivity index (χ4v) is 1.70. The molecular formula is C9H18INO2. The minimum absolute atomic E-state index is 0.0648. The Labute approximate surface area is 94.2 Å². The van der Waals surface area contributed by atoms with Gasteiger partial charge in [-0.25, -0.2) is 0 Å². The van der Waals surface area contributed by atoms with E-state index in [0.717, 1.165) is 4.48 Å². The van der Waals surface area contributed by atoms with Crippen LogP contribution in [0.2, 0.25) is 0 Å². The monoisotopic (exact) mass is 299 g/mol. The van der Waals surface area contributed by atoms with E-state index in [-0.39, 0.29) is 5.57 Å². The first-order valence-corrected chi connectivity index (χ1v) is 5.46. The van der Waals surface area contributed by atoms with Crippen molar-refractivity contribution >= 4 is 28.6 Å². The molecule has 0 heterocycles. The van der Waals surface area contributed by atoms with Gasteiger partial charge < -0.3 is 14.4 Å². The minimum atomic E-state index is -1.19. The quantitative estimate of drug-likeness (QED) is 0.328. The average molecular weight is 299 g/mol. The van der Waals surface area contributed by atoms with Gasteiger partial charge in [0.2, 0.25) is 0 Å². The van der Waals surface area contributed by atoms with E-state index in [2.05, 4.69) is 50.3 Å². The summed E-state index contributed by atoms with van der Waals surface area (Å²) in [6.45, 7) is 5.74. The number of aliphatic carboxylic acids is 1. The summed E-state index contributed by atoms with van der Waals surface area (Å²) in [7, 11) is 6.62. The number of carboxylic acids is 1. The second kappa shape index (κ2) is 7.32. The summed E-state index contributed by atoms with van der Waals surface area (Å²) < 4.78 is 2.34. The summed E-state index contributed by atoms with van der Waals surface area (Å²) in [6.07, 6.45) is 0. The third-order valence-electron chi connectivity index (χ3n) is 1.10. The molecule has 0 saturated heterocycles. The van der Waals surface area contributed by atoms with Gasteiger partial charge in [0, 0.05) is 4.43 Å². The molecule has 0 spiro atoms. The lowest BCUT2D eigenvalue weighted by atomic mass is 10.4. The molecule has 0 N–H and O–H groups in total. The Morgan fingerprint density at radius 3 is 1.77 bits per heavy atom. The van der Waals surface area contributed by atoms with Crippen molar-refractivity contribution in [3.63, 3.8) is 0 Å².